The standard InChI is InChI=1S/C79H84BN3/c1-73(2,3)51-32-35-55(36-33-51)81(54-28-22-19-23-29-54)57-38-40-65-68(46-57)83(67-41-34-52(74(4,5)6)42-58(67)50-26-20-18-21-27-50)71-44-53(75(7,8)9)43-70-72(71)80(65)66-47-62-63(77(12,13)49-76(62,10)11)48-69(66)82(70)56-37-39-61-64(45-56)79(16,17)60-31-25-24-30-59(60)78(61,14)15/h18-48H,49H2,1-17H3. The molecule has 2 heterocycles. The first kappa shape index (κ1) is 54.7. The first-order chi connectivity index (χ1) is 39.1. The van der Waals surface area contributed by atoms with Crippen LogP contribution < -0.4 is 31.1 Å². The Kier molecular flexibility index (Phi) is 12.2. The average molecular weight is 1090 g/mol. The molecule has 0 spiro atoms. The highest BCUT2D eigenvalue weighted by Crippen LogP contribution is 2.56. The fraction of sp³-hybridized carbons (Fsp3) is 0.316. The molecule has 9 aromatic rings. The summed E-state index contributed by atoms with van der Waals surface area (Å²) in [6.45, 7) is 40.7. The lowest BCUT2D eigenvalue weighted by molar-refractivity contribution is 0.403. The van der Waals surface area contributed by atoms with Crippen LogP contribution in [0, 0.1) is 0 Å². The van der Waals surface area contributed by atoms with Gasteiger partial charge >= 0.3 is 0 Å². The van der Waals surface area contributed by atoms with Crippen LogP contribution in [0.15, 0.2) is 188 Å². The highest BCUT2D eigenvalue weighted by Gasteiger charge is 2.50. The second-order valence-electron chi connectivity index (χ2n) is 30.3. The lowest BCUT2D eigenvalue weighted by Crippen LogP contribution is -2.61. The third-order valence-electron chi connectivity index (χ3n) is 19.7. The Morgan fingerprint density at radius 3 is 1.48 bits per heavy atom. The topological polar surface area (TPSA) is 9.72 Å². The molecule has 0 N–H and O–H groups in total. The van der Waals surface area contributed by atoms with Crippen molar-refractivity contribution in [2.24, 2.45) is 0 Å². The minimum Gasteiger partial charge on any atom is -0.311 e. The van der Waals surface area contributed by atoms with Crippen molar-refractivity contribution in [3.05, 3.63) is 238 Å². The van der Waals surface area contributed by atoms with Crippen LogP contribution in [0.4, 0.5) is 51.2 Å². The van der Waals surface area contributed by atoms with Gasteiger partial charge < -0.3 is 14.7 Å². The molecule has 3 nitrogen and oxygen atoms in total. The van der Waals surface area contributed by atoms with E-state index in [1.807, 2.05) is 0 Å². The van der Waals surface area contributed by atoms with E-state index in [0.717, 1.165) is 23.5 Å². The SMILES string of the molecule is CC(C)(C)c1ccc(N(c2ccccc2)c2ccc3c(c2)N(c2ccc(C(C)(C)C)cc2-c2ccccc2)c2cc(C(C)(C)C)cc4c2B3c2cc3c(cc2N4c2ccc4c(c2)C(C)(C)c2ccccc2C4(C)C)C(C)(C)CC3(C)C)cc1. The minimum atomic E-state index is -0.224. The van der Waals surface area contributed by atoms with Crippen molar-refractivity contribution >= 4 is 74.3 Å². The molecule has 13 rings (SSSR count). The molecule has 0 aromatic heterocycles. The maximum Gasteiger partial charge on any atom is 0.252 e. The largest absolute Gasteiger partial charge is 0.311 e. The highest BCUT2D eigenvalue weighted by atomic mass is 15.2. The van der Waals surface area contributed by atoms with Crippen LogP contribution in [0.1, 0.15) is 174 Å². The fourth-order valence-electron chi connectivity index (χ4n) is 15.3. The molecule has 0 amide bonds. The van der Waals surface area contributed by atoms with Gasteiger partial charge in [-0.15, -0.1) is 0 Å². The Morgan fingerprint density at radius 1 is 0.361 bits per heavy atom. The average Bonchev–Trinajstić information content (AvgIpc) is 3.54. The van der Waals surface area contributed by atoms with Crippen LogP contribution in [0.5, 0.6) is 0 Å². The van der Waals surface area contributed by atoms with Gasteiger partial charge in [-0.3, -0.25) is 0 Å². The fourth-order valence-corrected chi connectivity index (χ4v) is 15.3. The predicted octanol–water partition coefficient (Wildman–Crippen LogP) is 19.7. The molecule has 0 unspecified atom stereocenters. The van der Waals surface area contributed by atoms with Gasteiger partial charge in [0.2, 0.25) is 0 Å². The Labute approximate surface area is 497 Å². The second-order valence-corrected chi connectivity index (χ2v) is 30.3. The normalized spacial score (nSPS) is 16.8. The van der Waals surface area contributed by atoms with Gasteiger partial charge in [-0.25, -0.2) is 0 Å². The summed E-state index contributed by atoms with van der Waals surface area (Å²) < 4.78 is 0. The summed E-state index contributed by atoms with van der Waals surface area (Å²) in [5, 5.41) is 0. The maximum atomic E-state index is 2.71. The maximum absolute atomic E-state index is 2.71. The zero-order chi connectivity index (χ0) is 58.7. The van der Waals surface area contributed by atoms with Crippen LogP contribution in [-0.4, -0.2) is 6.71 Å². The third kappa shape index (κ3) is 8.66. The Hall–Kier alpha value is -7.56. The quantitative estimate of drug-likeness (QED) is 0.154. The Bertz CT molecular complexity index is 4060. The molecule has 2 aliphatic heterocycles. The molecule has 0 saturated heterocycles. The Morgan fingerprint density at radius 2 is 0.867 bits per heavy atom. The van der Waals surface area contributed by atoms with Crippen LogP contribution >= 0.6 is 0 Å². The van der Waals surface area contributed by atoms with Gasteiger partial charge in [0, 0.05) is 61.9 Å². The highest BCUT2D eigenvalue weighted by molar-refractivity contribution is 7.00. The van der Waals surface area contributed by atoms with Crippen molar-refractivity contribution in [3.8, 4) is 11.1 Å². The third-order valence-corrected chi connectivity index (χ3v) is 19.7. The number of hydrogen-bond acceptors (Lipinski definition) is 3. The van der Waals surface area contributed by atoms with E-state index >= 15 is 0 Å². The molecule has 83 heavy (non-hydrogen) atoms. The van der Waals surface area contributed by atoms with Crippen LogP contribution in [0.25, 0.3) is 11.1 Å². The molecule has 9 aromatic carbocycles. The Balaban J connectivity index is 1.15. The molecule has 418 valence electrons. The van der Waals surface area contributed by atoms with Crippen molar-refractivity contribution in [2.45, 2.75) is 162 Å². The van der Waals surface area contributed by atoms with Crippen LogP contribution in [-0.2, 0) is 37.9 Å². The number of para-hydroxylation sites is 1. The van der Waals surface area contributed by atoms with Crippen molar-refractivity contribution < 1.29 is 0 Å². The van der Waals surface area contributed by atoms with E-state index in [1.165, 1.54) is 112 Å². The molecule has 2 aliphatic carbocycles. The first-order valence-corrected chi connectivity index (χ1v) is 30.6. The number of hydrogen-bond donors (Lipinski definition) is 0. The van der Waals surface area contributed by atoms with Crippen molar-refractivity contribution in [3.63, 3.8) is 0 Å². The summed E-state index contributed by atoms with van der Waals surface area (Å²) in [6, 6.07) is 73.3. The number of fused-ring (bicyclic) bond motifs is 7. The van der Waals surface area contributed by atoms with Crippen molar-refractivity contribution in [1.29, 1.82) is 0 Å². The predicted molar refractivity (Wildman–Crippen MR) is 358 cm³/mol. The number of anilines is 9. The molecule has 0 atom stereocenters. The lowest BCUT2D eigenvalue weighted by atomic mass is 9.33. The van der Waals surface area contributed by atoms with Gasteiger partial charge in [0.05, 0.1) is 5.69 Å². The minimum absolute atomic E-state index is 0.0149. The molecule has 4 aliphatic rings. The van der Waals surface area contributed by atoms with Gasteiger partial charge in [0.15, 0.2) is 0 Å². The monoisotopic (exact) mass is 1090 g/mol. The summed E-state index contributed by atoms with van der Waals surface area (Å²) in [5.74, 6) is 0. The van der Waals surface area contributed by atoms with E-state index in [9.17, 15) is 0 Å². The van der Waals surface area contributed by atoms with E-state index in [2.05, 4.69) is 320 Å². The van der Waals surface area contributed by atoms with Gasteiger partial charge in [0.1, 0.15) is 0 Å². The van der Waals surface area contributed by atoms with Crippen LogP contribution in [0.3, 0.4) is 0 Å². The van der Waals surface area contributed by atoms with Crippen molar-refractivity contribution in [2.75, 3.05) is 14.7 Å². The lowest BCUT2D eigenvalue weighted by Gasteiger charge is -2.47. The molecule has 4 heteroatoms. The van der Waals surface area contributed by atoms with Gasteiger partial charge in [-0.05, 0) is 184 Å². The van der Waals surface area contributed by atoms with E-state index in [0.29, 0.717) is 0 Å². The van der Waals surface area contributed by atoms with Gasteiger partial charge in [0.25, 0.3) is 6.71 Å². The molecular weight excluding hydrogens is 1000 g/mol. The summed E-state index contributed by atoms with van der Waals surface area (Å²) >= 11 is 0. The molecule has 0 bridgehead atoms. The number of rotatable bonds is 6. The number of nitrogens with zero attached hydrogens (tertiary/aromatic N) is 3. The first-order valence-electron chi connectivity index (χ1n) is 30.6. The zero-order valence-corrected chi connectivity index (χ0v) is 52.5. The second kappa shape index (κ2) is 18.5. The summed E-state index contributed by atoms with van der Waals surface area (Å²) in [6.07, 6.45) is 1.09. The van der Waals surface area contributed by atoms with E-state index < -0.39 is 0 Å². The summed E-state index contributed by atoms with van der Waals surface area (Å²) in [5.41, 5.74) is 29.0. The smallest absolute Gasteiger partial charge is 0.252 e. The molecular formula is C79H84BN3. The zero-order valence-electron chi connectivity index (χ0n) is 52.5. The van der Waals surface area contributed by atoms with E-state index in [-0.39, 0.29) is 44.6 Å². The molecule has 0 radical (unpaired) electrons. The summed E-state index contributed by atoms with van der Waals surface area (Å²) in [7, 11) is 0. The summed E-state index contributed by atoms with van der Waals surface area (Å²) in [4.78, 5) is 7.86. The molecule has 0 saturated carbocycles. The van der Waals surface area contributed by atoms with E-state index in [1.54, 1.807) is 0 Å². The van der Waals surface area contributed by atoms with Gasteiger partial charge in [-0.2, -0.15) is 0 Å². The van der Waals surface area contributed by atoms with Gasteiger partial charge in [-0.1, -0.05) is 227 Å². The number of benzene rings is 9. The van der Waals surface area contributed by atoms with E-state index in [4.69, 9.17) is 0 Å². The van der Waals surface area contributed by atoms with Crippen LogP contribution in [0.2, 0.25) is 0 Å². The molecule has 0 fully saturated rings. The van der Waals surface area contributed by atoms with Crippen molar-refractivity contribution in [1.82, 2.24) is 0 Å².